The van der Waals surface area contributed by atoms with Crippen LogP contribution in [0.25, 0.3) is 22.2 Å². The summed E-state index contributed by atoms with van der Waals surface area (Å²) in [7, 11) is 4.72. The highest BCUT2D eigenvalue weighted by molar-refractivity contribution is 6.09. The minimum absolute atomic E-state index is 0.215. The Balaban J connectivity index is 1.92. The third-order valence-electron chi connectivity index (χ3n) is 5.23. The van der Waals surface area contributed by atoms with Crippen molar-refractivity contribution in [3.8, 4) is 17.0 Å². The Morgan fingerprint density at radius 2 is 1.64 bits per heavy atom. The highest BCUT2D eigenvalue weighted by Crippen LogP contribution is 2.37. The predicted octanol–water partition coefficient (Wildman–Crippen LogP) is 3.77. The number of amides is 2. The molecule has 4 rings (SSSR count). The number of benzene rings is 2. The Morgan fingerprint density at radius 3 is 2.27 bits per heavy atom. The smallest absolute Gasteiger partial charge is 0.254 e. The normalized spacial score (nSPS) is 10.5. The van der Waals surface area contributed by atoms with Crippen molar-refractivity contribution < 1.29 is 14.3 Å². The minimum atomic E-state index is -0.256. The van der Waals surface area contributed by atoms with Gasteiger partial charge in [0.05, 0.1) is 35.1 Å². The quantitative estimate of drug-likeness (QED) is 0.421. The molecule has 2 aromatic heterocycles. The summed E-state index contributed by atoms with van der Waals surface area (Å²) in [6.45, 7) is 0. The molecule has 0 saturated heterocycles. The fourth-order valence-electron chi connectivity index (χ4n) is 3.53. The van der Waals surface area contributed by atoms with Gasteiger partial charge in [-0.15, -0.1) is 0 Å². The van der Waals surface area contributed by atoms with Crippen molar-refractivity contribution in [3.63, 3.8) is 0 Å². The zero-order valence-corrected chi connectivity index (χ0v) is 18.5. The van der Waals surface area contributed by atoms with Crippen LogP contribution in [0.3, 0.4) is 0 Å². The average molecular weight is 441 g/mol. The first kappa shape index (κ1) is 21.8. The van der Waals surface area contributed by atoms with E-state index in [9.17, 15) is 9.59 Å². The number of fused-ring (bicyclic) bond motifs is 1. The molecule has 0 spiro atoms. The lowest BCUT2D eigenvalue weighted by Gasteiger charge is -2.16. The molecule has 0 atom stereocenters. The van der Waals surface area contributed by atoms with Gasteiger partial charge in [0.1, 0.15) is 5.75 Å². The molecular weight excluding hydrogens is 418 g/mol. The van der Waals surface area contributed by atoms with Gasteiger partial charge in [-0.3, -0.25) is 19.6 Å². The summed E-state index contributed by atoms with van der Waals surface area (Å²) in [4.78, 5) is 33.4. The molecule has 166 valence electrons. The van der Waals surface area contributed by atoms with E-state index in [4.69, 9.17) is 4.74 Å². The molecule has 4 aromatic rings. The Labute approximate surface area is 191 Å². The number of para-hydroxylation sites is 1. The summed E-state index contributed by atoms with van der Waals surface area (Å²) in [6.07, 6.45) is 3.06. The first-order chi connectivity index (χ1) is 16.0. The number of carbonyl (C=O) groups excluding carboxylic acids is 2. The van der Waals surface area contributed by atoms with E-state index in [2.05, 4.69) is 25.9 Å². The summed E-state index contributed by atoms with van der Waals surface area (Å²) >= 11 is 0. The molecule has 0 radical (unpaired) electrons. The molecule has 0 fully saturated rings. The highest BCUT2D eigenvalue weighted by atomic mass is 16.5. The molecule has 2 amide bonds. The molecule has 0 bridgehead atoms. The number of pyridine rings is 2. The molecule has 0 unspecified atom stereocenters. The van der Waals surface area contributed by atoms with Gasteiger partial charge in [0.25, 0.3) is 11.8 Å². The number of methoxy groups -OCH3 is 1. The van der Waals surface area contributed by atoms with Crippen molar-refractivity contribution in [1.29, 1.82) is 0 Å². The van der Waals surface area contributed by atoms with E-state index in [0.29, 0.717) is 39.3 Å². The van der Waals surface area contributed by atoms with Crippen molar-refractivity contribution in [3.05, 3.63) is 78.1 Å². The van der Waals surface area contributed by atoms with E-state index < -0.39 is 0 Å². The van der Waals surface area contributed by atoms with Gasteiger partial charge in [0.15, 0.2) is 0 Å². The van der Waals surface area contributed by atoms with Crippen molar-refractivity contribution >= 4 is 34.1 Å². The molecule has 2 heterocycles. The Morgan fingerprint density at radius 1 is 0.879 bits per heavy atom. The standard InChI is InChI=1S/C25H23N5O3/c1-26-24(31)15-9-10-20(28-13-15)17-11-18-21(12-22(17)33-3)29-14-19(25(32)27-2)23(18)30-16-7-5-4-6-8-16/h4-14H,1-3H3,(H,26,31)(H,27,32)(H,29,30). The highest BCUT2D eigenvalue weighted by Gasteiger charge is 2.18. The van der Waals surface area contributed by atoms with Crippen LogP contribution in [0.2, 0.25) is 0 Å². The maximum absolute atomic E-state index is 12.6. The second-order valence-electron chi connectivity index (χ2n) is 7.20. The van der Waals surface area contributed by atoms with Gasteiger partial charge in [0.2, 0.25) is 0 Å². The second kappa shape index (κ2) is 9.35. The molecule has 33 heavy (non-hydrogen) atoms. The van der Waals surface area contributed by atoms with Gasteiger partial charge in [-0.1, -0.05) is 18.2 Å². The molecule has 0 aliphatic rings. The first-order valence-corrected chi connectivity index (χ1v) is 10.3. The zero-order valence-electron chi connectivity index (χ0n) is 18.5. The van der Waals surface area contributed by atoms with Gasteiger partial charge >= 0.3 is 0 Å². The summed E-state index contributed by atoms with van der Waals surface area (Å²) in [6, 6.07) is 16.8. The number of hydrogen-bond acceptors (Lipinski definition) is 6. The van der Waals surface area contributed by atoms with E-state index >= 15 is 0 Å². The van der Waals surface area contributed by atoms with Crippen LogP contribution in [0.5, 0.6) is 5.75 Å². The third kappa shape index (κ3) is 4.31. The molecule has 3 N–H and O–H groups in total. The summed E-state index contributed by atoms with van der Waals surface area (Å²) < 4.78 is 5.60. The number of carbonyl (C=O) groups is 2. The van der Waals surface area contributed by atoms with Crippen molar-refractivity contribution in [2.24, 2.45) is 0 Å². The van der Waals surface area contributed by atoms with E-state index in [0.717, 1.165) is 11.1 Å². The molecular formula is C25H23N5O3. The van der Waals surface area contributed by atoms with Gasteiger partial charge in [0, 0.05) is 49.2 Å². The van der Waals surface area contributed by atoms with Crippen LogP contribution in [0.15, 0.2) is 67.0 Å². The van der Waals surface area contributed by atoms with E-state index in [1.54, 1.807) is 39.5 Å². The lowest BCUT2D eigenvalue weighted by atomic mass is 10.0. The van der Waals surface area contributed by atoms with Crippen LogP contribution in [-0.4, -0.2) is 43.0 Å². The van der Waals surface area contributed by atoms with Crippen LogP contribution in [0, 0.1) is 0 Å². The van der Waals surface area contributed by atoms with Crippen LogP contribution >= 0.6 is 0 Å². The zero-order chi connectivity index (χ0) is 23.4. The summed E-state index contributed by atoms with van der Waals surface area (Å²) in [5.74, 6) is 0.107. The minimum Gasteiger partial charge on any atom is -0.496 e. The lowest BCUT2D eigenvalue weighted by molar-refractivity contribution is 0.0955. The molecule has 8 heteroatoms. The van der Waals surface area contributed by atoms with Gasteiger partial charge in [-0.25, -0.2) is 0 Å². The van der Waals surface area contributed by atoms with Crippen molar-refractivity contribution in [2.45, 2.75) is 0 Å². The summed E-state index contributed by atoms with van der Waals surface area (Å²) in [5, 5.41) is 9.34. The van der Waals surface area contributed by atoms with Crippen LogP contribution < -0.4 is 20.7 Å². The monoisotopic (exact) mass is 441 g/mol. The number of anilines is 2. The Kier molecular flexibility index (Phi) is 6.17. The number of nitrogens with zero attached hydrogens (tertiary/aromatic N) is 2. The molecule has 8 nitrogen and oxygen atoms in total. The third-order valence-corrected chi connectivity index (χ3v) is 5.23. The average Bonchev–Trinajstić information content (AvgIpc) is 2.87. The second-order valence-corrected chi connectivity index (χ2v) is 7.20. The Hall–Kier alpha value is -4.46. The predicted molar refractivity (Wildman–Crippen MR) is 128 cm³/mol. The van der Waals surface area contributed by atoms with Crippen molar-refractivity contribution in [2.75, 3.05) is 26.5 Å². The number of ether oxygens (including phenoxy) is 1. The number of aromatic nitrogens is 2. The maximum atomic E-state index is 12.6. The maximum Gasteiger partial charge on any atom is 0.254 e. The van der Waals surface area contributed by atoms with E-state index in [1.807, 2.05) is 42.5 Å². The molecule has 0 aliphatic heterocycles. The molecule has 2 aromatic carbocycles. The van der Waals surface area contributed by atoms with Crippen LogP contribution in [0.4, 0.5) is 11.4 Å². The fraction of sp³-hybridized carbons (Fsp3) is 0.120. The first-order valence-electron chi connectivity index (χ1n) is 10.3. The number of hydrogen-bond donors (Lipinski definition) is 3. The summed E-state index contributed by atoms with van der Waals surface area (Å²) in [5.41, 5.74) is 4.31. The topological polar surface area (TPSA) is 105 Å². The molecule has 0 aliphatic carbocycles. The molecule has 0 saturated carbocycles. The van der Waals surface area contributed by atoms with E-state index in [-0.39, 0.29) is 11.8 Å². The fourth-order valence-corrected chi connectivity index (χ4v) is 3.53. The SMILES string of the molecule is CNC(=O)c1ccc(-c2cc3c(Nc4ccccc4)c(C(=O)NC)cnc3cc2OC)nc1. The van der Waals surface area contributed by atoms with Crippen LogP contribution in [-0.2, 0) is 0 Å². The van der Waals surface area contributed by atoms with Gasteiger partial charge in [-0.05, 0) is 30.3 Å². The van der Waals surface area contributed by atoms with Gasteiger partial charge in [-0.2, -0.15) is 0 Å². The van der Waals surface area contributed by atoms with Gasteiger partial charge < -0.3 is 20.7 Å². The number of rotatable bonds is 6. The lowest BCUT2D eigenvalue weighted by Crippen LogP contribution is -2.19. The van der Waals surface area contributed by atoms with Crippen LogP contribution in [0.1, 0.15) is 20.7 Å². The Bertz CT molecular complexity index is 1320. The van der Waals surface area contributed by atoms with Crippen molar-refractivity contribution in [1.82, 2.24) is 20.6 Å². The number of nitrogens with one attached hydrogen (secondary N) is 3. The largest absolute Gasteiger partial charge is 0.496 e. The van der Waals surface area contributed by atoms with E-state index in [1.165, 1.54) is 6.20 Å².